The van der Waals surface area contributed by atoms with Gasteiger partial charge in [0.25, 0.3) is 0 Å². The molecule has 0 amide bonds. The van der Waals surface area contributed by atoms with Crippen LogP contribution in [-0.2, 0) is 19.1 Å². The van der Waals surface area contributed by atoms with Crippen LogP contribution in [0.5, 0.6) is 0 Å². The molecule has 4 aliphatic carbocycles. The molecule has 0 aromatic rings. The predicted octanol–water partition coefficient (Wildman–Crippen LogP) is 3.69. The van der Waals surface area contributed by atoms with Crippen LogP contribution in [0.15, 0.2) is 0 Å². The van der Waals surface area contributed by atoms with Gasteiger partial charge in [-0.25, -0.2) is 0 Å². The minimum absolute atomic E-state index is 0.0626. The Balaban J connectivity index is 1.33. The zero-order valence-corrected chi connectivity index (χ0v) is 18.6. The molecule has 5 nitrogen and oxygen atoms in total. The van der Waals surface area contributed by atoms with Crippen molar-refractivity contribution in [2.45, 2.75) is 84.2 Å². The van der Waals surface area contributed by atoms with Gasteiger partial charge in [0.05, 0.1) is 5.92 Å². The number of rotatable bonds is 2. The maximum Gasteiger partial charge on any atom is 0.310 e. The van der Waals surface area contributed by atoms with E-state index in [1.165, 1.54) is 19.3 Å². The summed E-state index contributed by atoms with van der Waals surface area (Å²) >= 11 is 0. The average molecular weight is 416 g/mol. The summed E-state index contributed by atoms with van der Waals surface area (Å²) in [6.07, 6.45) is 9.68. The van der Waals surface area contributed by atoms with Crippen molar-refractivity contribution in [3.63, 3.8) is 0 Å². The molecular formula is C25H37NO4. The van der Waals surface area contributed by atoms with E-state index in [9.17, 15) is 14.4 Å². The molecule has 5 rings (SSSR count). The molecule has 1 aliphatic heterocycles. The van der Waals surface area contributed by atoms with Crippen LogP contribution in [-0.4, -0.2) is 36.7 Å². The van der Waals surface area contributed by atoms with Crippen molar-refractivity contribution in [3.8, 4) is 0 Å². The molecule has 2 unspecified atom stereocenters. The van der Waals surface area contributed by atoms with E-state index in [1.807, 2.05) is 0 Å². The van der Waals surface area contributed by atoms with Gasteiger partial charge >= 0.3 is 5.97 Å². The highest BCUT2D eigenvalue weighted by Gasteiger charge is 2.63. The molecule has 5 fully saturated rings. The van der Waals surface area contributed by atoms with Crippen molar-refractivity contribution >= 4 is 17.5 Å². The van der Waals surface area contributed by atoms with Crippen molar-refractivity contribution in [2.24, 2.45) is 40.4 Å². The summed E-state index contributed by atoms with van der Waals surface area (Å²) < 4.78 is 5.89. The minimum Gasteiger partial charge on any atom is -0.462 e. The molecule has 1 heterocycles. The Morgan fingerprint density at radius 2 is 1.80 bits per heavy atom. The van der Waals surface area contributed by atoms with Crippen LogP contribution in [0.1, 0.15) is 78.1 Å². The normalized spacial score (nSPS) is 48.5. The largest absolute Gasteiger partial charge is 0.462 e. The lowest BCUT2D eigenvalue weighted by atomic mass is 9.44. The third-order valence-electron chi connectivity index (χ3n) is 9.97. The molecule has 5 heteroatoms. The first-order chi connectivity index (χ1) is 14.3. The molecule has 0 aromatic carbocycles. The first-order valence-corrected chi connectivity index (χ1v) is 12.3. The topological polar surface area (TPSA) is 72.5 Å². The number of Topliss-reactive ketones (excluding diaryl/α,β-unsaturated/α-hetero) is 2. The number of piperidine rings is 1. The van der Waals surface area contributed by atoms with E-state index in [0.29, 0.717) is 24.8 Å². The number of fused-ring (bicyclic) bond motifs is 5. The highest BCUT2D eigenvalue weighted by Crippen LogP contribution is 2.64. The van der Waals surface area contributed by atoms with Crippen LogP contribution < -0.4 is 5.32 Å². The molecule has 5 aliphatic rings. The van der Waals surface area contributed by atoms with E-state index in [0.717, 1.165) is 45.1 Å². The van der Waals surface area contributed by atoms with E-state index in [1.54, 1.807) is 0 Å². The van der Waals surface area contributed by atoms with E-state index < -0.39 is 0 Å². The van der Waals surface area contributed by atoms with Crippen molar-refractivity contribution < 1.29 is 19.1 Å². The summed E-state index contributed by atoms with van der Waals surface area (Å²) in [7, 11) is 0. The zero-order valence-electron chi connectivity index (χ0n) is 18.6. The van der Waals surface area contributed by atoms with E-state index in [2.05, 4.69) is 19.2 Å². The summed E-state index contributed by atoms with van der Waals surface area (Å²) in [5.41, 5.74) is 0.135. The number of carbonyl (C=O) groups excluding carboxylic acids is 3. The molecule has 0 radical (unpaired) electrons. The molecule has 1 saturated heterocycles. The lowest BCUT2D eigenvalue weighted by Crippen LogP contribution is -2.60. The number of nitrogens with one attached hydrogen (secondary N) is 1. The molecular weight excluding hydrogens is 378 g/mol. The highest BCUT2D eigenvalue weighted by molar-refractivity contribution is 6.39. The fraction of sp³-hybridized carbons (Fsp3) is 0.880. The van der Waals surface area contributed by atoms with Crippen molar-refractivity contribution in [2.75, 3.05) is 13.1 Å². The molecule has 0 aromatic heterocycles. The summed E-state index contributed by atoms with van der Waals surface area (Å²) in [5.74, 6) is -0.0664. The van der Waals surface area contributed by atoms with Crippen LogP contribution in [0, 0.1) is 40.4 Å². The maximum atomic E-state index is 13.4. The lowest BCUT2D eigenvalue weighted by molar-refractivity contribution is -0.176. The van der Waals surface area contributed by atoms with E-state index in [-0.39, 0.29) is 52.2 Å². The third kappa shape index (κ3) is 3.10. The first-order valence-electron chi connectivity index (χ1n) is 12.3. The van der Waals surface area contributed by atoms with Crippen LogP contribution in [0.2, 0.25) is 0 Å². The summed E-state index contributed by atoms with van der Waals surface area (Å²) in [4.78, 5) is 39.3. The summed E-state index contributed by atoms with van der Waals surface area (Å²) in [5, 5.41) is 3.27. The fourth-order valence-corrected chi connectivity index (χ4v) is 8.14. The van der Waals surface area contributed by atoms with Crippen LogP contribution in [0.4, 0.5) is 0 Å². The van der Waals surface area contributed by atoms with Gasteiger partial charge in [0, 0.05) is 18.4 Å². The van der Waals surface area contributed by atoms with Gasteiger partial charge in [-0.2, -0.15) is 0 Å². The minimum atomic E-state index is -0.270. The summed E-state index contributed by atoms with van der Waals surface area (Å²) in [6, 6.07) is 0. The van der Waals surface area contributed by atoms with Gasteiger partial charge < -0.3 is 10.1 Å². The average Bonchev–Trinajstić information content (AvgIpc) is 3.15. The van der Waals surface area contributed by atoms with Crippen LogP contribution in [0.3, 0.4) is 0 Å². The van der Waals surface area contributed by atoms with Crippen molar-refractivity contribution in [1.29, 1.82) is 0 Å². The quantitative estimate of drug-likeness (QED) is 0.550. The standard InChI is InChI=1S/C25H37NO4/c1-24-9-3-6-17(24)20-18(8-10-24)25(2)11-7-16(13-19(25)21(27)22(20)28)30-23(29)15-5-4-12-26-14-15/h15-20,26H,3-14H2,1-2H3/t15-,16?,17+,18-,19?,20+,24+,25-/m1/s1. The number of carbonyl (C=O) groups is 3. The first kappa shape index (κ1) is 20.7. The molecule has 4 saturated carbocycles. The van der Waals surface area contributed by atoms with Gasteiger partial charge in [-0.15, -0.1) is 0 Å². The van der Waals surface area contributed by atoms with Gasteiger partial charge in [-0.1, -0.05) is 20.3 Å². The number of esters is 1. The molecule has 0 spiro atoms. The van der Waals surface area contributed by atoms with Crippen molar-refractivity contribution in [1.82, 2.24) is 5.32 Å². The number of hydrogen-bond donors (Lipinski definition) is 1. The molecule has 166 valence electrons. The SMILES string of the molecule is C[C@@]12CCC[C@H]1[C@@H]1C(=O)C(=O)C3CC(OC(=O)[C@@H]4CCCNC4)CC[C@]3(C)[C@@H]1CC2. The lowest BCUT2D eigenvalue weighted by Gasteiger charge is -2.58. The predicted molar refractivity (Wildman–Crippen MR) is 113 cm³/mol. The number of ketones is 2. The Morgan fingerprint density at radius 1 is 0.967 bits per heavy atom. The fourth-order valence-electron chi connectivity index (χ4n) is 8.14. The van der Waals surface area contributed by atoms with Crippen LogP contribution in [0.25, 0.3) is 0 Å². The van der Waals surface area contributed by atoms with Gasteiger partial charge in [0.2, 0.25) is 11.6 Å². The second-order valence-electron chi connectivity index (χ2n) is 11.5. The van der Waals surface area contributed by atoms with Gasteiger partial charge in [0.1, 0.15) is 6.10 Å². The molecule has 0 bridgehead atoms. The third-order valence-corrected chi connectivity index (χ3v) is 9.97. The van der Waals surface area contributed by atoms with E-state index in [4.69, 9.17) is 4.74 Å². The molecule has 30 heavy (non-hydrogen) atoms. The highest BCUT2D eigenvalue weighted by atomic mass is 16.5. The number of ether oxygens (including phenoxy) is 1. The Labute approximate surface area is 180 Å². The number of hydrogen-bond acceptors (Lipinski definition) is 5. The van der Waals surface area contributed by atoms with Gasteiger partial charge in [-0.3, -0.25) is 14.4 Å². The monoisotopic (exact) mass is 415 g/mol. The summed E-state index contributed by atoms with van der Waals surface area (Å²) in [6.45, 7) is 6.27. The Kier molecular flexibility index (Phi) is 5.11. The maximum absolute atomic E-state index is 13.4. The Hall–Kier alpha value is -1.23. The zero-order chi connectivity index (χ0) is 21.1. The Bertz CT molecular complexity index is 743. The van der Waals surface area contributed by atoms with Gasteiger partial charge in [0.15, 0.2) is 0 Å². The second-order valence-corrected chi connectivity index (χ2v) is 11.5. The molecule has 1 N–H and O–H groups in total. The smallest absolute Gasteiger partial charge is 0.310 e. The van der Waals surface area contributed by atoms with Crippen molar-refractivity contribution in [3.05, 3.63) is 0 Å². The van der Waals surface area contributed by atoms with Gasteiger partial charge in [-0.05, 0) is 87.0 Å². The molecule has 8 atom stereocenters. The van der Waals surface area contributed by atoms with Crippen LogP contribution >= 0.6 is 0 Å². The van der Waals surface area contributed by atoms with E-state index >= 15 is 0 Å². The Morgan fingerprint density at radius 3 is 2.57 bits per heavy atom. The second kappa shape index (κ2) is 7.43.